The summed E-state index contributed by atoms with van der Waals surface area (Å²) >= 11 is 3.46. The third kappa shape index (κ3) is 2.23. The highest BCUT2D eigenvalue weighted by Gasteiger charge is 2.28. The smallest absolute Gasteiger partial charge is 0.104 e. The minimum absolute atomic E-state index is 0.0859. The van der Waals surface area contributed by atoms with Crippen molar-refractivity contribution >= 4 is 15.9 Å². The summed E-state index contributed by atoms with van der Waals surface area (Å²) in [5.74, 6) is 1.39. The Bertz CT molecular complexity index is 173. The van der Waals surface area contributed by atoms with Crippen molar-refractivity contribution in [2.75, 3.05) is 0 Å². The Kier molecular flexibility index (Phi) is 4.08. The maximum Gasteiger partial charge on any atom is 0.104 e. The van der Waals surface area contributed by atoms with Crippen molar-refractivity contribution in [3.05, 3.63) is 0 Å². The van der Waals surface area contributed by atoms with Gasteiger partial charge >= 0.3 is 0 Å². The van der Waals surface area contributed by atoms with Gasteiger partial charge in [0.1, 0.15) is 4.83 Å². The van der Waals surface area contributed by atoms with Crippen LogP contribution in [0.2, 0.25) is 0 Å². The average Bonchev–Trinajstić information content (AvgIpc) is 2.16. The Balaban J connectivity index is 2.53. The maximum absolute atomic E-state index is 8.80. The first kappa shape index (κ1) is 10.1. The van der Waals surface area contributed by atoms with Crippen molar-refractivity contribution in [1.82, 2.24) is 0 Å². The first-order chi connectivity index (χ1) is 5.79. The first-order valence-corrected chi connectivity index (χ1v) is 5.74. The van der Waals surface area contributed by atoms with E-state index >= 15 is 0 Å². The summed E-state index contributed by atoms with van der Waals surface area (Å²) in [6.07, 6.45) is 6.46. The zero-order chi connectivity index (χ0) is 8.97. The molecule has 0 aromatic carbocycles. The minimum atomic E-state index is 0.0859. The summed E-state index contributed by atoms with van der Waals surface area (Å²) in [7, 11) is 0. The fraction of sp³-hybridized carbons (Fsp3) is 0.900. The summed E-state index contributed by atoms with van der Waals surface area (Å²) < 4.78 is 0. The molecule has 1 aliphatic rings. The van der Waals surface area contributed by atoms with Crippen LogP contribution < -0.4 is 0 Å². The predicted octanol–water partition coefficient (Wildman–Crippen LogP) is 3.49. The SMILES string of the molecule is CCC1CCCCC1C(Br)C#N. The molecule has 1 rings (SSSR count). The monoisotopic (exact) mass is 229 g/mol. The molecule has 0 N–H and O–H groups in total. The molecule has 0 spiro atoms. The normalized spacial score (nSPS) is 32.4. The van der Waals surface area contributed by atoms with Gasteiger partial charge in [-0.25, -0.2) is 0 Å². The second-order valence-electron chi connectivity index (χ2n) is 3.65. The summed E-state index contributed by atoms with van der Waals surface area (Å²) in [5.41, 5.74) is 0. The van der Waals surface area contributed by atoms with Gasteiger partial charge in [0.25, 0.3) is 0 Å². The molecule has 12 heavy (non-hydrogen) atoms. The lowest BCUT2D eigenvalue weighted by Crippen LogP contribution is -2.25. The zero-order valence-corrected chi connectivity index (χ0v) is 9.18. The van der Waals surface area contributed by atoms with Crippen LogP contribution in [0.15, 0.2) is 0 Å². The van der Waals surface area contributed by atoms with Crippen LogP contribution in [0, 0.1) is 23.2 Å². The molecule has 0 radical (unpaired) electrons. The Hall–Kier alpha value is -0.0300. The van der Waals surface area contributed by atoms with Crippen molar-refractivity contribution in [2.45, 2.75) is 43.9 Å². The average molecular weight is 230 g/mol. The fourth-order valence-corrected chi connectivity index (χ4v) is 2.92. The van der Waals surface area contributed by atoms with Gasteiger partial charge in [0.2, 0.25) is 0 Å². The molecule has 3 atom stereocenters. The second kappa shape index (κ2) is 4.87. The van der Waals surface area contributed by atoms with Crippen LogP contribution in [0.4, 0.5) is 0 Å². The van der Waals surface area contributed by atoms with E-state index < -0.39 is 0 Å². The predicted molar refractivity (Wildman–Crippen MR) is 54.1 cm³/mol. The van der Waals surface area contributed by atoms with Gasteiger partial charge < -0.3 is 0 Å². The van der Waals surface area contributed by atoms with Gasteiger partial charge in [-0.15, -0.1) is 0 Å². The van der Waals surface area contributed by atoms with Crippen LogP contribution in [0.1, 0.15) is 39.0 Å². The van der Waals surface area contributed by atoms with E-state index in [-0.39, 0.29) is 4.83 Å². The fourth-order valence-electron chi connectivity index (χ4n) is 2.22. The van der Waals surface area contributed by atoms with Crippen LogP contribution in [0.5, 0.6) is 0 Å². The van der Waals surface area contributed by atoms with Crippen molar-refractivity contribution in [3.8, 4) is 6.07 Å². The van der Waals surface area contributed by atoms with Crippen molar-refractivity contribution in [3.63, 3.8) is 0 Å². The molecule has 0 amide bonds. The Morgan fingerprint density at radius 2 is 2.17 bits per heavy atom. The lowest BCUT2D eigenvalue weighted by atomic mass is 9.76. The molecule has 2 heteroatoms. The standard InChI is InChI=1S/C10H16BrN/c1-2-8-5-3-4-6-9(8)10(11)7-12/h8-10H,2-6H2,1H3. The molecule has 0 aromatic heterocycles. The van der Waals surface area contributed by atoms with Gasteiger partial charge in [-0.1, -0.05) is 48.5 Å². The number of hydrogen-bond donors (Lipinski definition) is 0. The van der Waals surface area contributed by atoms with Gasteiger partial charge in [0.15, 0.2) is 0 Å². The Morgan fingerprint density at radius 1 is 1.50 bits per heavy atom. The van der Waals surface area contributed by atoms with Crippen LogP contribution in [0.3, 0.4) is 0 Å². The first-order valence-electron chi connectivity index (χ1n) is 4.83. The molecular formula is C10H16BrN. The summed E-state index contributed by atoms with van der Waals surface area (Å²) in [4.78, 5) is 0.0859. The van der Waals surface area contributed by atoms with Gasteiger partial charge in [-0.3, -0.25) is 0 Å². The molecule has 1 aliphatic carbocycles. The van der Waals surface area contributed by atoms with E-state index in [9.17, 15) is 0 Å². The molecule has 3 unspecified atom stereocenters. The molecule has 0 aromatic rings. The van der Waals surface area contributed by atoms with Gasteiger partial charge in [0.05, 0.1) is 6.07 Å². The van der Waals surface area contributed by atoms with Crippen LogP contribution >= 0.6 is 15.9 Å². The van der Waals surface area contributed by atoms with Crippen molar-refractivity contribution < 1.29 is 0 Å². The Labute approximate surface area is 83.3 Å². The van der Waals surface area contributed by atoms with E-state index in [1.165, 1.54) is 32.1 Å². The van der Waals surface area contributed by atoms with Gasteiger partial charge in [-0.2, -0.15) is 5.26 Å². The van der Waals surface area contributed by atoms with E-state index in [4.69, 9.17) is 5.26 Å². The summed E-state index contributed by atoms with van der Waals surface area (Å²) in [5, 5.41) is 8.80. The zero-order valence-electron chi connectivity index (χ0n) is 7.59. The third-order valence-electron chi connectivity index (χ3n) is 2.99. The largest absolute Gasteiger partial charge is 0.197 e. The lowest BCUT2D eigenvalue weighted by Gasteiger charge is -2.31. The minimum Gasteiger partial charge on any atom is -0.197 e. The highest BCUT2D eigenvalue weighted by molar-refractivity contribution is 9.09. The molecular weight excluding hydrogens is 214 g/mol. The number of halogens is 1. The molecule has 0 heterocycles. The third-order valence-corrected chi connectivity index (χ3v) is 3.88. The molecule has 1 nitrogen and oxygen atoms in total. The van der Waals surface area contributed by atoms with Gasteiger partial charge in [-0.05, 0) is 18.3 Å². The van der Waals surface area contributed by atoms with E-state index in [0.29, 0.717) is 5.92 Å². The van der Waals surface area contributed by atoms with Crippen LogP contribution in [-0.2, 0) is 0 Å². The molecule has 0 aliphatic heterocycles. The topological polar surface area (TPSA) is 23.8 Å². The summed E-state index contributed by atoms with van der Waals surface area (Å²) in [6.45, 7) is 2.24. The molecule has 68 valence electrons. The maximum atomic E-state index is 8.80. The Morgan fingerprint density at radius 3 is 2.75 bits per heavy atom. The number of alkyl halides is 1. The number of hydrogen-bond acceptors (Lipinski definition) is 1. The number of nitrogens with zero attached hydrogens (tertiary/aromatic N) is 1. The van der Waals surface area contributed by atoms with E-state index in [0.717, 1.165) is 5.92 Å². The second-order valence-corrected chi connectivity index (χ2v) is 4.63. The molecule has 0 bridgehead atoms. The highest BCUT2D eigenvalue weighted by Crippen LogP contribution is 2.36. The summed E-state index contributed by atoms with van der Waals surface area (Å²) in [6, 6.07) is 2.32. The van der Waals surface area contributed by atoms with Gasteiger partial charge in [0, 0.05) is 0 Å². The quantitative estimate of drug-likeness (QED) is 0.666. The lowest BCUT2D eigenvalue weighted by molar-refractivity contribution is 0.240. The van der Waals surface area contributed by atoms with Crippen LogP contribution in [0.25, 0.3) is 0 Å². The molecule has 1 fully saturated rings. The van der Waals surface area contributed by atoms with E-state index in [1.54, 1.807) is 0 Å². The number of rotatable bonds is 2. The van der Waals surface area contributed by atoms with Crippen LogP contribution in [-0.4, -0.2) is 4.83 Å². The van der Waals surface area contributed by atoms with E-state index in [1.807, 2.05) is 0 Å². The number of nitriles is 1. The van der Waals surface area contributed by atoms with Crippen molar-refractivity contribution in [2.24, 2.45) is 11.8 Å². The van der Waals surface area contributed by atoms with Crippen molar-refractivity contribution in [1.29, 1.82) is 5.26 Å². The van der Waals surface area contributed by atoms with E-state index in [2.05, 4.69) is 28.9 Å². The molecule has 0 saturated heterocycles. The molecule has 1 saturated carbocycles. The highest BCUT2D eigenvalue weighted by atomic mass is 79.9.